The van der Waals surface area contributed by atoms with Gasteiger partial charge in [0.15, 0.2) is 4.77 Å². The molecule has 1 aliphatic rings. The fourth-order valence-electron chi connectivity index (χ4n) is 3.02. The second kappa shape index (κ2) is 5.70. The highest BCUT2D eigenvalue weighted by atomic mass is 35.5. The Bertz CT molecular complexity index is 694. The summed E-state index contributed by atoms with van der Waals surface area (Å²) in [5.41, 5.74) is 1.64. The lowest BCUT2D eigenvalue weighted by Gasteiger charge is -2.14. The van der Waals surface area contributed by atoms with Gasteiger partial charge in [0, 0.05) is 17.4 Å². The molecule has 6 heteroatoms. The Morgan fingerprint density at radius 1 is 1.50 bits per heavy atom. The maximum absolute atomic E-state index is 13.5. The van der Waals surface area contributed by atoms with Gasteiger partial charge in [-0.2, -0.15) is 11.8 Å². The van der Waals surface area contributed by atoms with Crippen molar-refractivity contribution in [2.75, 3.05) is 5.75 Å². The van der Waals surface area contributed by atoms with Crippen molar-refractivity contribution in [3.63, 3.8) is 0 Å². The molecule has 2 aromatic rings. The van der Waals surface area contributed by atoms with Crippen LogP contribution >= 0.6 is 35.6 Å². The van der Waals surface area contributed by atoms with Gasteiger partial charge >= 0.3 is 0 Å². The summed E-state index contributed by atoms with van der Waals surface area (Å²) in [6.45, 7) is 2.19. The molecule has 1 fully saturated rings. The molecule has 20 heavy (non-hydrogen) atoms. The summed E-state index contributed by atoms with van der Waals surface area (Å²) < 4.78 is 16.3. The number of thioether (sulfide) groups is 1. The van der Waals surface area contributed by atoms with E-state index in [0.717, 1.165) is 29.6 Å². The van der Waals surface area contributed by atoms with Gasteiger partial charge in [-0.15, -0.1) is 0 Å². The van der Waals surface area contributed by atoms with Crippen LogP contribution in [-0.4, -0.2) is 20.6 Å². The maximum atomic E-state index is 13.5. The van der Waals surface area contributed by atoms with E-state index in [1.807, 2.05) is 11.8 Å². The molecule has 1 N–H and O–H groups in total. The SMILES string of the molecule is CCSC1CCC(n2c(=S)[nH]c3cc(F)c(Cl)cc32)C1. The van der Waals surface area contributed by atoms with E-state index >= 15 is 0 Å². The minimum atomic E-state index is -0.409. The Morgan fingerprint density at radius 3 is 3.05 bits per heavy atom. The lowest BCUT2D eigenvalue weighted by atomic mass is 10.2. The number of hydrogen-bond donors (Lipinski definition) is 1. The van der Waals surface area contributed by atoms with E-state index in [9.17, 15) is 4.39 Å². The summed E-state index contributed by atoms with van der Waals surface area (Å²) in [5, 5.41) is 0.852. The molecule has 2 nitrogen and oxygen atoms in total. The molecule has 3 rings (SSSR count). The number of aromatic amines is 1. The van der Waals surface area contributed by atoms with Crippen LogP contribution in [0, 0.1) is 10.6 Å². The van der Waals surface area contributed by atoms with Gasteiger partial charge in [0.2, 0.25) is 0 Å². The van der Waals surface area contributed by atoms with E-state index in [1.165, 1.54) is 12.5 Å². The van der Waals surface area contributed by atoms with Crippen LogP contribution in [0.5, 0.6) is 0 Å². The Balaban J connectivity index is 2.02. The van der Waals surface area contributed by atoms with E-state index < -0.39 is 5.82 Å². The zero-order chi connectivity index (χ0) is 14.3. The lowest BCUT2D eigenvalue weighted by molar-refractivity contribution is 0.527. The van der Waals surface area contributed by atoms with Crippen molar-refractivity contribution < 1.29 is 4.39 Å². The molecule has 0 spiro atoms. The molecule has 0 aliphatic heterocycles. The molecule has 108 valence electrons. The number of nitrogens with one attached hydrogen (secondary N) is 1. The number of hydrogen-bond acceptors (Lipinski definition) is 2. The molecule has 1 heterocycles. The lowest BCUT2D eigenvalue weighted by Crippen LogP contribution is -2.06. The smallest absolute Gasteiger partial charge is 0.178 e. The van der Waals surface area contributed by atoms with Crippen molar-refractivity contribution in [1.82, 2.24) is 9.55 Å². The number of fused-ring (bicyclic) bond motifs is 1. The van der Waals surface area contributed by atoms with Crippen molar-refractivity contribution in [3.8, 4) is 0 Å². The highest BCUT2D eigenvalue weighted by molar-refractivity contribution is 7.99. The number of aromatic nitrogens is 2. The predicted octanol–water partition coefficient (Wildman–Crippen LogP) is 5.34. The van der Waals surface area contributed by atoms with Crippen LogP contribution in [0.1, 0.15) is 32.2 Å². The fraction of sp³-hybridized carbons (Fsp3) is 0.500. The van der Waals surface area contributed by atoms with Gasteiger partial charge in [-0.25, -0.2) is 4.39 Å². The number of imidazole rings is 1. The van der Waals surface area contributed by atoms with E-state index in [1.54, 1.807) is 6.07 Å². The molecule has 0 radical (unpaired) electrons. The second-order valence-corrected chi connectivity index (χ2v) is 7.50. The van der Waals surface area contributed by atoms with Gasteiger partial charge in [-0.3, -0.25) is 0 Å². The van der Waals surface area contributed by atoms with Gasteiger partial charge in [0.05, 0.1) is 16.1 Å². The number of halogens is 2. The summed E-state index contributed by atoms with van der Waals surface area (Å²) in [4.78, 5) is 3.09. The van der Waals surface area contributed by atoms with Gasteiger partial charge < -0.3 is 9.55 Å². The number of H-pyrrole nitrogens is 1. The minimum absolute atomic E-state index is 0.151. The number of nitrogens with zero attached hydrogens (tertiary/aromatic N) is 1. The van der Waals surface area contributed by atoms with Crippen LogP contribution in [0.25, 0.3) is 11.0 Å². The van der Waals surface area contributed by atoms with E-state index in [2.05, 4.69) is 16.5 Å². The molecule has 1 saturated carbocycles. The summed E-state index contributed by atoms with van der Waals surface area (Å²) in [5.74, 6) is 0.738. The fourth-order valence-corrected chi connectivity index (χ4v) is 4.67. The second-order valence-electron chi connectivity index (χ2n) is 5.13. The zero-order valence-electron chi connectivity index (χ0n) is 11.2. The quantitative estimate of drug-likeness (QED) is 0.767. The van der Waals surface area contributed by atoms with Crippen LogP contribution in [0.4, 0.5) is 4.39 Å². The standard InChI is InChI=1S/C14H16ClFN2S2/c1-2-20-9-4-3-8(5-9)18-13-6-10(15)11(16)7-12(13)17-14(18)19/h6-9H,2-5H2,1H3,(H,17,19). The predicted molar refractivity (Wildman–Crippen MR) is 86.9 cm³/mol. The molecule has 2 unspecified atom stereocenters. The molecule has 1 aliphatic carbocycles. The highest BCUT2D eigenvalue weighted by Crippen LogP contribution is 2.39. The van der Waals surface area contributed by atoms with Crippen molar-refractivity contribution >= 4 is 46.6 Å². The summed E-state index contributed by atoms with van der Waals surface area (Å²) in [7, 11) is 0. The molecule has 0 amide bonds. The Hall–Kier alpha value is -0.520. The Morgan fingerprint density at radius 2 is 2.30 bits per heavy atom. The topological polar surface area (TPSA) is 20.7 Å². The monoisotopic (exact) mass is 330 g/mol. The summed E-state index contributed by atoms with van der Waals surface area (Å²) in [6.07, 6.45) is 3.45. The van der Waals surface area contributed by atoms with Crippen molar-refractivity contribution in [3.05, 3.63) is 27.7 Å². The van der Waals surface area contributed by atoms with Crippen LogP contribution in [-0.2, 0) is 0 Å². The third kappa shape index (κ3) is 2.51. The van der Waals surface area contributed by atoms with Crippen LogP contribution in [0.2, 0.25) is 5.02 Å². The first kappa shape index (κ1) is 14.4. The van der Waals surface area contributed by atoms with E-state index in [0.29, 0.717) is 16.1 Å². The van der Waals surface area contributed by atoms with Gasteiger partial charge in [0.1, 0.15) is 5.82 Å². The number of rotatable bonds is 3. The zero-order valence-corrected chi connectivity index (χ0v) is 13.5. The molecular formula is C14H16ClFN2S2. The van der Waals surface area contributed by atoms with Crippen molar-refractivity contribution in [2.45, 2.75) is 37.5 Å². The Labute approximate surface area is 131 Å². The summed E-state index contributed by atoms with van der Waals surface area (Å²) in [6, 6.07) is 3.50. The highest BCUT2D eigenvalue weighted by Gasteiger charge is 2.27. The minimum Gasteiger partial charge on any atom is -0.330 e. The normalized spacial score (nSPS) is 22.8. The first-order chi connectivity index (χ1) is 9.60. The largest absolute Gasteiger partial charge is 0.330 e. The van der Waals surface area contributed by atoms with E-state index in [4.69, 9.17) is 23.8 Å². The van der Waals surface area contributed by atoms with Crippen LogP contribution < -0.4 is 0 Å². The summed E-state index contributed by atoms with van der Waals surface area (Å²) >= 11 is 13.3. The molecule has 1 aromatic heterocycles. The third-order valence-corrected chi connectivity index (χ3v) is 5.70. The van der Waals surface area contributed by atoms with E-state index in [-0.39, 0.29) is 5.02 Å². The first-order valence-electron chi connectivity index (χ1n) is 6.81. The maximum Gasteiger partial charge on any atom is 0.178 e. The van der Waals surface area contributed by atoms with Gasteiger partial charge in [-0.1, -0.05) is 18.5 Å². The number of benzene rings is 1. The van der Waals surface area contributed by atoms with Crippen molar-refractivity contribution in [2.24, 2.45) is 0 Å². The Kier molecular flexibility index (Phi) is 4.11. The van der Waals surface area contributed by atoms with Gasteiger partial charge in [0.25, 0.3) is 0 Å². The molecule has 0 bridgehead atoms. The van der Waals surface area contributed by atoms with Crippen molar-refractivity contribution in [1.29, 1.82) is 0 Å². The first-order valence-corrected chi connectivity index (χ1v) is 8.64. The average Bonchev–Trinajstić information content (AvgIpc) is 2.95. The molecule has 1 aromatic carbocycles. The van der Waals surface area contributed by atoms with Crippen LogP contribution in [0.3, 0.4) is 0 Å². The molecular weight excluding hydrogens is 315 g/mol. The molecule has 2 atom stereocenters. The van der Waals surface area contributed by atoms with Gasteiger partial charge in [-0.05, 0) is 43.3 Å². The average molecular weight is 331 g/mol. The molecule has 0 saturated heterocycles. The third-order valence-electron chi connectivity index (χ3n) is 3.88. The van der Waals surface area contributed by atoms with Crippen LogP contribution in [0.15, 0.2) is 12.1 Å².